The molecule has 0 aliphatic carbocycles. The second-order valence-electron chi connectivity index (χ2n) is 7.82. The molecule has 0 saturated heterocycles. The van der Waals surface area contributed by atoms with Crippen molar-refractivity contribution in [1.29, 1.82) is 0 Å². The van der Waals surface area contributed by atoms with E-state index in [9.17, 15) is 13.2 Å². The fourth-order valence-corrected chi connectivity index (χ4v) is 5.29. The van der Waals surface area contributed by atoms with Crippen molar-refractivity contribution in [3.05, 3.63) is 90.4 Å². The molecule has 3 aromatic carbocycles. The molecule has 0 spiro atoms. The van der Waals surface area contributed by atoms with Gasteiger partial charge in [0.25, 0.3) is 10.0 Å². The van der Waals surface area contributed by atoms with E-state index in [2.05, 4.69) is 9.97 Å². The van der Waals surface area contributed by atoms with Crippen LogP contribution in [-0.2, 0) is 14.8 Å². The topological polar surface area (TPSA) is 100 Å². The van der Waals surface area contributed by atoms with Gasteiger partial charge in [0.15, 0.2) is 0 Å². The molecule has 0 aliphatic rings. The van der Waals surface area contributed by atoms with Gasteiger partial charge in [0.2, 0.25) is 5.82 Å². The number of hydrogen-bond donors (Lipinski definition) is 0. The maximum Gasteiger partial charge on any atom is 0.376 e. The van der Waals surface area contributed by atoms with Crippen LogP contribution in [0.1, 0.15) is 23.1 Å². The lowest BCUT2D eigenvalue weighted by molar-refractivity contribution is 0.0512. The van der Waals surface area contributed by atoms with Gasteiger partial charge in [-0.25, -0.2) is 27.2 Å². The van der Waals surface area contributed by atoms with Crippen molar-refractivity contribution in [2.75, 3.05) is 6.61 Å². The standard InChI is InChI=1S/C26H21N3O5S/c1-3-33-26(30)25-27-16-23-24(28-25)21-15-19(34-18-7-5-4-6-8-18)11-14-22(21)29(23)35(31,32)20-12-9-17(2)10-13-20/h4-16H,3H2,1-2H3. The molecule has 0 fully saturated rings. The molecule has 9 heteroatoms. The highest BCUT2D eigenvalue weighted by Gasteiger charge is 2.26. The predicted molar refractivity (Wildman–Crippen MR) is 131 cm³/mol. The number of aromatic nitrogens is 3. The molecule has 35 heavy (non-hydrogen) atoms. The number of benzene rings is 3. The summed E-state index contributed by atoms with van der Waals surface area (Å²) < 4.78 is 39.6. The molecule has 0 atom stereocenters. The quantitative estimate of drug-likeness (QED) is 0.307. The molecule has 0 aliphatic heterocycles. The maximum absolute atomic E-state index is 13.7. The third-order valence-corrected chi connectivity index (χ3v) is 7.17. The number of carbonyl (C=O) groups is 1. The van der Waals surface area contributed by atoms with E-state index in [-0.39, 0.29) is 22.8 Å². The molecule has 0 unspecified atom stereocenters. The van der Waals surface area contributed by atoms with Crippen LogP contribution in [0.15, 0.2) is 83.9 Å². The summed E-state index contributed by atoms with van der Waals surface area (Å²) in [6, 6.07) is 20.9. The minimum Gasteiger partial charge on any atom is -0.460 e. The maximum atomic E-state index is 13.7. The Hall–Kier alpha value is -4.24. The summed E-state index contributed by atoms with van der Waals surface area (Å²) in [5.74, 6) is 0.283. The van der Waals surface area contributed by atoms with Gasteiger partial charge in [-0.1, -0.05) is 35.9 Å². The lowest BCUT2D eigenvalue weighted by Crippen LogP contribution is -2.14. The number of aryl methyl sites for hydroxylation is 1. The number of esters is 1. The highest BCUT2D eigenvalue weighted by atomic mass is 32.2. The van der Waals surface area contributed by atoms with Crippen LogP contribution in [0.4, 0.5) is 0 Å². The average molecular weight is 488 g/mol. The largest absolute Gasteiger partial charge is 0.460 e. The zero-order valence-corrected chi connectivity index (χ0v) is 19.8. The third-order valence-electron chi connectivity index (χ3n) is 5.43. The molecular formula is C26H21N3O5S. The van der Waals surface area contributed by atoms with Crippen LogP contribution < -0.4 is 4.74 Å². The molecule has 0 amide bonds. The highest BCUT2D eigenvalue weighted by Crippen LogP contribution is 2.34. The smallest absolute Gasteiger partial charge is 0.376 e. The van der Waals surface area contributed by atoms with Crippen molar-refractivity contribution in [1.82, 2.24) is 13.9 Å². The number of ether oxygens (including phenoxy) is 2. The molecule has 0 bridgehead atoms. The van der Waals surface area contributed by atoms with E-state index in [1.54, 1.807) is 49.4 Å². The lowest BCUT2D eigenvalue weighted by atomic mass is 10.2. The fourth-order valence-electron chi connectivity index (χ4n) is 3.79. The molecule has 2 heterocycles. The Balaban J connectivity index is 1.75. The molecule has 176 valence electrons. The molecule has 0 saturated carbocycles. The van der Waals surface area contributed by atoms with Crippen LogP contribution >= 0.6 is 0 Å². The Bertz CT molecular complexity index is 1660. The number of fused-ring (bicyclic) bond motifs is 3. The summed E-state index contributed by atoms with van der Waals surface area (Å²) in [6.45, 7) is 3.73. The van der Waals surface area contributed by atoms with Crippen LogP contribution in [0.5, 0.6) is 11.5 Å². The predicted octanol–water partition coefficient (Wildman–Crippen LogP) is 5.10. The summed E-state index contributed by atoms with van der Waals surface area (Å²) in [4.78, 5) is 20.9. The van der Waals surface area contributed by atoms with Crippen LogP contribution in [0.2, 0.25) is 0 Å². The summed E-state index contributed by atoms with van der Waals surface area (Å²) >= 11 is 0. The van der Waals surface area contributed by atoms with Gasteiger partial charge in [0, 0.05) is 5.39 Å². The highest BCUT2D eigenvalue weighted by molar-refractivity contribution is 7.90. The second kappa shape index (κ2) is 8.84. The van der Waals surface area contributed by atoms with E-state index in [1.165, 1.54) is 10.2 Å². The normalized spacial score (nSPS) is 11.6. The minimum atomic E-state index is -4.00. The van der Waals surface area contributed by atoms with Crippen LogP contribution in [0.25, 0.3) is 21.9 Å². The number of carbonyl (C=O) groups excluding carboxylic acids is 1. The molecule has 5 aromatic rings. The first kappa shape index (κ1) is 22.5. The molecule has 8 nitrogen and oxygen atoms in total. The van der Waals surface area contributed by atoms with E-state index in [1.807, 2.05) is 37.3 Å². The Labute approximate surface area is 201 Å². The molecule has 5 rings (SSSR count). The Morgan fingerprint density at radius 2 is 1.69 bits per heavy atom. The van der Waals surface area contributed by atoms with Crippen molar-refractivity contribution in [2.24, 2.45) is 0 Å². The Morgan fingerprint density at radius 1 is 0.943 bits per heavy atom. The minimum absolute atomic E-state index is 0.126. The fraction of sp³-hybridized carbons (Fsp3) is 0.115. The number of para-hydroxylation sites is 1. The van der Waals surface area contributed by atoms with Gasteiger partial charge in [-0.05, 0) is 56.3 Å². The van der Waals surface area contributed by atoms with Crippen LogP contribution in [0, 0.1) is 6.92 Å². The SMILES string of the molecule is CCOC(=O)c1ncc2c(n1)c1cc(Oc3ccccc3)ccc1n2S(=O)(=O)c1ccc(C)cc1. The van der Waals surface area contributed by atoms with Crippen LogP contribution in [-0.4, -0.2) is 34.9 Å². The van der Waals surface area contributed by atoms with Gasteiger partial charge in [-0.15, -0.1) is 0 Å². The molecule has 0 N–H and O–H groups in total. The monoisotopic (exact) mass is 487 g/mol. The van der Waals surface area contributed by atoms with Crippen molar-refractivity contribution in [3.8, 4) is 11.5 Å². The third kappa shape index (κ3) is 4.10. The van der Waals surface area contributed by atoms with Crippen LogP contribution in [0.3, 0.4) is 0 Å². The average Bonchev–Trinajstić information content (AvgIpc) is 3.19. The summed E-state index contributed by atoms with van der Waals surface area (Å²) in [5, 5.41) is 0.497. The zero-order valence-electron chi connectivity index (χ0n) is 19.0. The Kier molecular flexibility index (Phi) is 5.70. The number of rotatable bonds is 6. The molecule has 2 aromatic heterocycles. The van der Waals surface area contributed by atoms with E-state index >= 15 is 0 Å². The van der Waals surface area contributed by atoms with Crippen molar-refractivity contribution in [3.63, 3.8) is 0 Å². The Morgan fingerprint density at radius 3 is 2.40 bits per heavy atom. The zero-order chi connectivity index (χ0) is 24.6. The van der Waals surface area contributed by atoms with Gasteiger partial charge in [0.1, 0.15) is 22.5 Å². The van der Waals surface area contributed by atoms with Gasteiger partial charge in [0.05, 0.1) is 23.2 Å². The van der Waals surface area contributed by atoms with Crippen molar-refractivity contribution >= 4 is 37.9 Å². The summed E-state index contributed by atoms with van der Waals surface area (Å²) in [6.07, 6.45) is 1.33. The van der Waals surface area contributed by atoms with Gasteiger partial charge < -0.3 is 9.47 Å². The van der Waals surface area contributed by atoms with Gasteiger partial charge in [-0.2, -0.15) is 0 Å². The van der Waals surface area contributed by atoms with E-state index < -0.39 is 16.0 Å². The summed E-state index contributed by atoms with van der Waals surface area (Å²) in [5.41, 5.74) is 1.87. The van der Waals surface area contributed by atoms with Crippen molar-refractivity contribution < 1.29 is 22.7 Å². The van der Waals surface area contributed by atoms with E-state index in [0.717, 1.165) is 5.56 Å². The number of nitrogens with zero attached hydrogens (tertiary/aromatic N) is 3. The molecule has 0 radical (unpaired) electrons. The first-order valence-electron chi connectivity index (χ1n) is 10.9. The first-order chi connectivity index (χ1) is 16.9. The summed E-state index contributed by atoms with van der Waals surface area (Å²) in [7, 11) is -4.00. The first-order valence-corrected chi connectivity index (χ1v) is 12.4. The van der Waals surface area contributed by atoms with E-state index in [0.29, 0.717) is 27.9 Å². The van der Waals surface area contributed by atoms with E-state index in [4.69, 9.17) is 9.47 Å². The van der Waals surface area contributed by atoms with Gasteiger partial charge >= 0.3 is 5.97 Å². The molecular weight excluding hydrogens is 466 g/mol. The van der Waals surface area contributed by atoms with Crippen molar-refractivity contribution in [2.45, 2.75) is 18.7 Å². The lowest BCUT2D eigenvalue weighted by Gasteiger charge is -2.10. The second-order valence-corrected chi connectivity index (χ2v) is 9.61. The number of hydrogen-bond acceptors (Lipinski definition) is 7. The van der Waals surface area contributed by atoms with Gasteiger partial charge in [-0.3, -0.25) is 0 Å².